The first-order chi connectivity index (χ1) is 14.5. The molecule has 0 aromatic heterocycles. The van der Waals surface area contributed by atoms with Gasteiger partial charge in [-0.3, -0.25) is 9.79 Å². The Hall–Kier alpha value is -2.12. The monoisotopic (exact) mass is 514 g/mol. The Labute approximate surface area is 193 Å². The Balaban J connectivity index is 2.01. The lowest BCUT2D eigenvalue weighted by Crippen LogP contribution is -2.26. The van der Waals surface area contributed by atoms with Crippen LogP contribution in [0.3, 0.4) is 0 Å². The minimum Gasteiger partial charge on any atom is -0.347 e. The van der Waals surface area contributed by atoms with Gasteiger partial charge in [0.1, 0.15) is 6.54 Å². The number of halogens is 5. The third kappa shape index (κ3) is 7.82. The molecule has 1 atom stereocenters. The number of aryl methyl sites for hydroxylation is 1. The van der Waals surface area contributed by atoms with Gasteiger partial charge >= 0.3 is 6.18 Å². The minimum atomic E-state index is -4.35. The van der Waals surface area contributed by atoms with Gasteiger partial charge in [0.2, 0.25) is 0 Å². The molecule has 0 aliphatic rings. The molecule has 3 nitrogen and oxygen atoms in total. The largest absolute Gasteiger partial charge is 0.407 e. The highest BCUT2D eigenvalue weighted by molar-refractivity contribution is 9.10. The zero-order valence-corrected chi connectivity index (χ0v) is 19.7. The Morgan fingerprint density at radius 1 is 1.26 bits per heavy atom. The summed E-state index contributed by atoms with van der Waals surface area (Å²) < 4.78 is 36.7. The molecule has 0 aliphatic heterocycles. The van der Waals surface area contributed by atoms with E-state index in [1.54, 1.807) is 12.1 Å². The Bertz CT molecular complexity index is 980. The first-order valence-electron chi connectivity index (χ1n) is 9.55. The van der Waals surface area contributed by atoms with E-state index in [-0.39, 0.29) is 12.5 Å². The molecule has 2 aromatic rings. The zero-order chi connectivity index (χ0) is 23.2. The van der Waals surface area contributed by atoms with Gasteiger partial charge in [-0.1, -0.05) is 42.8 Å². The van der Waals surface area contributed by atoms with Crippen LogP contribution in [-0.4, -0.2) is 31.4 Å². The van der Waals surface area contributed by atoms with Crippen LogP contribution in [0.2, 0.25) is 5.02 Å². The molecule has 1 amide bonds. The number of benzene rings is 2. The van der Waals surface area contributed by atoms with Gasteiger partial charge in [-0.15, -0.1) is 0 Å². The summed E-state index contributed by atoms with van der Waals surface area (Å²) in [6.07, 6.45) is 0.703. The van der Waals surface area contributed by atoms with Gasteiger partial charge in [-0.2, -0.15) is 13.2 Å². The lowest BCUT2D eigenvalue weighted by Gasteiger charge is -2.12. The van der Waals surface area contributed by atoms with Gasteiger partial charge < -0.3 is 5.32 Å². The maximum absolute atomic E-state index is 12.2. The maximum atomic E-state index is 12.2. The second kappa shape index (κ2) is 11.0. The van der Waals surface area contributed by atoms with Crippen molar-refractivity contribution in [3.8, 4) is 0 Å². The van der Waals surface area contributed by atoms with Crippen LogP contribution in [0.1, 0.15) is 45.5 Å². The van der Waals surface area contributed by atoms with E-state index in [4.69, 9.17) is 11.6 Å². The summed E-state index contributed by atoms with van der Waals surface area (Å²) in [6.45, 7) is 4.75. The van der Waals surface area contributed by atoms with E-state index in [0.29, 0.717) is 10.0 Å². The fourth-order valence-electron chi connectivity index (χ4n) is 2.76. The molecule has 0 spiro atoms. The van der Waals surface area contributed by atoms with Crippen molar-refractivity contribution in [3.05, 3.63) is 73.7 Å². The number of nitrogens with one attached hydrogen (secondary N) is 1. The predicted octanol–water partition coefficient (Wildman–Crippen LogP) is 6.90. The molecule has 0 fully saturated rings. The van der Waals surface area contributed by atoms with Crippen LogP contribution in [0.15, 0.2) is 45.9 Å². The fourth-order valence-corrected chi connectivity index (χ4v) is 3.61. The van der Waals surface area contributed by atoms with Gasteiger partial charge in [0.15, 0.2) is 0 Å². The third-order valence-electron chi connectivity index (χ3n) is 4.72. The summed E-state index contributed by atoms with van der Waals surface area (Å²) in [6, 6.07) is 9.36. The zero-order valence-electron chi connectivity index (χ0n) is 17.4. The van der Waals surface area contributed by atoms with E-state index in [0.717, 1.165) is 33.5 Å². The average molecular weight is 516 g/mol. The highest BCUT2D eigenvalue weighted by atomic mass is 79.9. The summed E-state index contributed by atoms with van der Waals surface area (Å²) in [7, 11) is 0. The SMILES string of the molecule is Cc1cc(C(C)/C=C\c2ccc(C(=O)NCC=NCC(F)(F)F)c(Br)c2)cc(Cl)c1C. The number of carbonyl (C=O) groups excluding carboxylic acids is 1. The van der Waals surface area contributed by atoms with Crippen LogP contribution in [0.5, 0.6) is 0 Å². The van der Waals surface area contributed by atoms with Gasteiger partial charge in [0, 0.05) is 15.7 Å². The maximum Gasteiger partial charge on any atom is 0.407 e. The van der Waals surface area contributed by atoms with Crippen molar-refractivity contribution in [2.75, 3.05) is 13.1 Å². The molecule has 0 radical (unpaired) electrons. The number of rotatable bonds is 7. The Kier molecular flexibility index (Phi) is 8.89. The number of nitrogens with zero attached hydrogens (tertiary/aromatic N) is 1. The third-order valence-corrected chi connectivity index (χ3v) is 5.77. The molecule has 0 heterocycles. The second-order valence-electron chi connectivity index (χ2n) is 7.18. The van der Waals surface area contributed by atoms with Crippen molar-refractivity contribution in [3.63, 3.8) is 0 Å². The molecule has 0 bridgehead atoms. The van der Waals surface area contributed by atoms with Crippen molar-refractivity contribution in [1.29, 1.82) is 0 Å². The molecule has 0 aliphatic carbocycles. The quantitative estimate of drug-likeness (QED) is 0.400. The molecular formula is C23H23BrClF3N2O. The van der Waals surface area contributed by atoms with Crippen LogP contribution in [0, 0.1) is 13.8 Å². The molecule has 8 heteroatoms. The number of alkyl halides is 3. The van der Waals surface area contributed by atoms with E-state index >= 15 is 0 Å². The highest BCUT2D eigenvalue weighted by Crippen LogP contribution is 2.27. The Morgan fingerprint density at radius 3 is 2.58 bits per heavy atom. The van der Waals surface area contributed by atoms with E-state index in [1.165, 1.54) is 0 Å². The molecule has 1 N–H and O–H groups in total. The molecule has 166 valence electrons. The number of carbonyl (C=O) groups is 1. The smallest absolute Gasteiger partial charge is 0.347 e. The van der Waals surface area contributed by atoms with Crippen LogP contribution < -0.4 is 5.32 Å². The average Bonchev–Trinajstić information content (AvgIpc) is 2.68. The van der Waals surface area contributed by atoms with E-state index in [1.807, 2.05) is 32.1 Å². The standard InChI is InChI=1S/C23H23BrClF3N2O/c1-14(18-10-15(2)16(3)21(25)12-18)4-5-17-6-7-19(20(24)11-17)22(31)30-9-8-29-13-23(26,27)28/h4-8,10-12,14H,9,13H2,1-3H3,(H,30,31)/b5-4-,29-8?. The van der Waals surface area contributed by atoms with Gasteiger partial charge in [0.05, 0.1) is 12.1 Å². The van der Waals surface area contributed by atoms with Crippen molar-refractivity contribution in [1.82, 2.24) is 5.32 Å². The van der Waals surface area contributed by atoms with Gasteiger partial charge in [-0.05, 0) is 76.1 Å². The summed E-state index contributed by atoms with van der Waals surface area (Å²) in [4.78, 5) is 15.5. The summed E-state index contributed by atoms with van der Waals surface area (Å²) in [5, 5.41) is 3.26. The van der Waals surface area contributed by atoms with Crippen LogP contribution in [0.4, 0.5) is 13.2 Å². The topological polar surface area (TPSA) is 41.5 Å². The molecular weight excluding hydrogens is 493 g/mol. The molecule has 0 saturated heterocycles. The number of aliphatic imine (C=N–C) groups is 1. The molecule has 2 aromatic carbocycles. The summed E-state index contributed by atoms with van der Waals surface area (Å²) in [5.41, 5.74) is 4.62. The van der Waals surface area contributed by atoms with Crippen molar-refractivity contribution < 1.29 is 18.0 Å². The molecule has 1 unspecified atom stereocenters. The van der Waals surface area contributed by atoms with E-state index in [2.05, 4.69) is 45.3 Å². The van der Waals surface area contributed by atoms with Gasteiger partial charge in [0.25, 0.3) is 5.91 Å². The van der Waals surface area contributed by atoms with Crippen LogP contribution in [-0.2, 0) is 0 Å². The lowest BCUT2D eigenvalue weighted by atomic mass is 9.96. The van der Waals surface area contributed by atoms with Gasteiger partial charge in [-0.25, -0.2) is 0 Å². The Morgan fingerprint density at radius 2 is 1.97 bits per heavy atom. The molecule has 31 heavy (non-hydrogen) atoms. The van der Waals surface area contributed by atoms with E-state index in [9.17, 15) is 18.0 Å². The number of allylic oxidation sites excluding steroid dienone is 1. The van der Waals surface area contributed by atoms with Crippen LogP contribution in [0.25, 0.3) is 6.08 Å². The summed E-state index contributed by atoms with van der Waals surface area (Å²) >= 11 is 9.68. The normalized spacial score (nSPS) is 13.2. The van der Waals surface area contributed by atoms with Crippen molar-refractivity contribution in [2.24, 2.45) is 4.99 Å². The number of amides is 1. The van der Waals surface area contributed by atoms with Crippen LogP contribution >= 0.6 is 27.5 Å². The predicted molar refractivity (Wildman–Crippen MR) is 124 cm³/mol. The lowest BCUT2D eigenvalue weighted by molar-refractivity contribution is -0.118. The van der Waals surface area contributed by atoms with Crippen molar-refractivity contribution in [2.45, 2.75) is 32.9 Å². The number of hydrogen-bond acceptors (Lipinski definition) is 2. The van der Waals surface area contributed by atoms with E-state index < -0.39 is 18.6 Å². The first-order valence-corrected chi connectivity index (χ1v) is 10.7. The fraction of sp³-hybridized carbons (Fsp3) is 0.304. The van der Waals surface area contributed by atoms with Crippen molar-refractivity contribution >= 4 is 45.7 Å². The highest BCUT2D eigenvalue weighted by Gasteiger charge is 2.25. The first kappa shape index (κ1) is 25.1. The minimum absolute atomic E-state index is 0.0843. The molecule has 2 rings (SSSR count). The number of hydrogen-bond donors (Lipinski definition) is 1. The summed E-state index contributed by atoms with van der Waals surface area (Å²) in [5.74, 6) is -0.256. The second-order valence-corrected chi connectivity index (χ2v) is 8.44. The molecule has 0 saturated carbocycles.